The van der Waals surface area contributed by atoms with E-state index in [1.54, 1.807) is 0 Å². The first-order chi connectivity index (χ1) is 6.86. The van der Waals surface area contributed by atoms with Crippen molar-refractivity contribution in [2.24, 2.45) is 0 Å². The van der Waals surface area contributed by atoms with E-state index in [1.165, 1.54) is 0 Å². The fourth-order valence-corrected chi connectivity index (χ4v) is 1.09. The zero-order valence-corrected chi connectivity index (χ0v) is 8.97. The minimum Gasteiger partial charge on any atom is -0.494 e. The topological polar surface area (TPSA) is 9.23 Å². The van der Waals surface area contributed by atoms with Crippen LogP contribution in [-0.4, -0.2) is 12.5 Å². The summed E-state index contributed by atoms with van der Waals surface area (Å²) in [6.07, 6.45) is 1.01. The summed E-state index contributed by atoms with van der Waals surface area (Å²) in [5.41, 5.74) is 0.944. The predicted octanol–water partition coefficient (Wildman–Crippen LogP) is 3.07. The maximum Gasteiger partial charge on any atom is 0.120 e. The van der Waals surface area contributed by atoms with Crippen molar-refractivity contribution in [3.05, 3.63) is 29.8 Å². The molecule has 0 saturated carbocycles. The lowest BCUT2D eigenvalue weighted by atomic mass is 10.2. The Balaban J connectivity index is 2.68. The van der Waals surface area contributed by atoms with Gasteiger partial charge < -0.3 is 4.74 Å². The number of rotatable bonds is 3. The van der Waals surface area contributed by atoms with Crippen LogP contribution in [0, 0.1) is 11.8 Å². The van der Waals surface area contributed by atoms with Crippen LogP contribution in [0.2, 0.25) is 0 Å². The van der Waals surface area contributed by atoms with E-state index in [0.717, 1.165) is 24.3 Å². The molecule has 1 aromatic carbocycles. The summed E-state index contributed by atoms with van der Waals surface area (Å²) >= 11 is 5.47. The van der Waals surface area contributed by atoms with Gasteiger partial charge in [-0.15, -0.1) is 11.6 Å². The average molecular weight is 209 g/mol. The van der Waals surface area contributed by atoms with Gasteiger partial charge in [0, 0.05) is 5.56 Å². The molecule has 0 amide bonds. The second-order valence-electron chi connectivity index (χ2n) is 2.81. The Labute approximate surface area is 90.0 Å². The smallest absolute Gasteiger partial charge is 0.120 e. The molecule has 74 valence electrons. The summed E-state index contributed by atoms with van der Waals surface area (Å²) in [6, 6.07) is 7.73. The highest BCUT2D eigenvalue weighted by atomic mass is 35.5. The Bertz CT molecular complexity index is 336. The molecule has 0 aliphatic carbocycles. The van der Waals surface area contributed by atoms with Crippen LogP contribution >= 0.6 is 11.6 Å². The summed E-state index contributed by atoms with van der Waals surface area (Å²) in [5, 5.41) is 0. The maximum absolute atomic E-state index is 5.48. The van der Waals surface area contributed by atoms with Crippen molar-refractivity contribution in [1.29, 1.82) is 0 Å². The fraction of sp³-hybridized carbons (Fsp3) is 0.333. The van der Waals surface area contributed by atoms with Crippen molar-refractivity contribution in [2.45, 2.75) is 13.3 Å². The van der Waals surface area contributed by atoms with Gasteiger partial charge >= 0.3 is 0 Å². The summed E-state index contributed by atoms with van der Waals surface area (Å²) in [6.45, 7) is 2.82. The van der Waals surface area contributed by atoms with Gasteiger partial charge in [-0.05, 0) is 24.6 Å². The molecule has 0 atom stereocenters. The van der Waals surface area contributed by atoms with Crippen molar-refractivity contribution in [1.82, 2.24) is 0 Å². The second kappa shape index (κ2) is 6.34. The highest BCUT2D eigenvalue weighted by Crippen LogP contribution is 2.12. The normalized spacial score (nSPS) is 9.00. The van der Waals surface area contributed by atoms with Crippen LogP contribution in [0.15, 0.2) is 24.3 Å². The Morgan fingerprint density at radius 3 is 3.00 bits per heavy atom. The van der Waals surface area contributed by atoms with Gasteiger partial charge in [-0.25, -0.2) is 0 Å². The number of hydrogen-bond acceptors (Lipinski definition) is 1. The predicted molar refractivity (Wildman–Crippen MR) is 59.8 cm³/mol. The van der Waals surface area contributed by atoms with E-state index in [0.29, 0.717) is 5.88 Å². The van der Waals surface area contributed by atoms with Gasteiger partial charge in [0.05, 0.1) is 12.5 Å². The van der Waals surface area contributed by atoms with Gasteiger partial charge in [-0.3, -0.25) is 0 Å². The summed E-state index contributed by atoms with van der Waals surface area (Å²) in [5.74, 6) is 6.99. The van der Waals surface area contributed by atoms with Gasteiger partial charge in [0.2, 0.25) is 0 Å². The van der Waals surface area contributed by atoms with Gasteiger partial charge in [0.1, 0.15) is 5.75 Å². The largest absolute Gasteiger partial charge is 0.494 e. The lowest BCUT2D eigenvalue weighted by Crippen LogP contribution is -1.94. The molecule has 0 aromatic heterocycles. The number of ether oxygens (including phenoxy) is 1. The zero-order chi connectivity index (χ0) is 10.2. The summed E-state index contributed by atoms with van der Waals surface area (Å²) in [4.78, 5) is 0. The molecule has 0 radical (unpaired) electrons. The fourth-order valence-electron chi connectivity index (χ4n) is 1.02. The lowest BCUT2D eigenvalue weighted by molar-refractivity contribution is 0.317. The molecule has 0 N–H and O–H groups in total. The van der Waals surface area contributed by atoms with Crippen LogP contribution in [0.3, 0.4) is 0 Å². The second-order valence-corrected chi connectivity index (χ2v) is 3.08. The molecule has 0 spiro atoms. The van der Waals surface area contributed by atoms with E-state index in [-0.39, 0.29) is 0 Å². The molecule has 1 nitrogen and oxygen atoms in total. The van der Waals surface area contributed by atoms with Crippen LogP contribution in [0.4, 0.5) is 0 Å². The third-order valence-corrected chi connectivity index (χ3v) is 1.74. The molecule has 0 fully saturated rings. The lowest BCUT2D eigenvalue weighted by Gasteiger charge is -2.03. The first-order valence-corrected chi connectivity index (χ1v) is 5.18. The third kappa shape index (κ3) is 3.72. The van der Waals surface area contributed by atoms with E-state index in [1.807, 2.05) is 24.3 Å². The van der Waals surface area contributed by atoms with E-state index >= 15 is 0 Å². The summed E-state index contributed by atoms with van der Waals surface area (Å²) < 4.78 is 5.48. The minimum atomic E-state index is 0.361. The Morgan fingerprint density at radius 1 is 1.43 bits per heavy atom. The standard InChI is InChI=1S/C12H13ClO/c1-2-9-14-12-7-3-5-11(10-12)6-4-8-13/h3,5,7,10H,2,8-9H2,1H3. The Kier molecular flexibility index (Phi) is 4.96. The van der Waals surface area contributed by atoms with Gasteiger partial charge in [-0.1, -0.05) is 24.8 Å². The summed E-state index contributed by atoms with van der Waals surface area (Å²) in [7, 11) is 0. The van der Waals surface area contributed by atoms with Crippen molar-refractivity contribution < 1.29 is 4.74 Å². The molecule has 14 heavy (non-hydrogen) atoms. The zero-order valence-electron chi connectivity index (χ0n) is 8.22. The quantitative estimate of drug-likeness (QED) is 0.548. The number of benzene rings is 1. The van der Waals surface area contributed by atoms with Crippen molar-refractivity contribution in [3.8, 4) is 17.6 Å². The molecule has 0 heterocycles. The Hall–Kier alpha value is -1.13. The van der Waals surface area contributed by atoms with Gasteiger partial charge in [0.15, 0.2) is 0 Å². The molecule has 0 unspecified atom stereocenters. The Morgan fingerprint density at radius 2 is 2.29 bits per heavy atom. The van der Waals surface area contributed by atoms with Crippen LogP contribution in [0.1, 0.15) is 18.9 Å². The SMILES string of the molecule is CCCOc1cccc(C#CCCl)c1. The number of alkyl halides is 1. The molecular formula is C12H13ClO. The third-order valence-electron chi connectivity index (χ3n) is 1.61. The van der Waals surface area contributed by atoms with Crippen LogP contribution in [0.5, 0.6) is 5.75 Å². The van der Waals surface area contributed by atoms with Crippen LogP contribution < -0.4 is 4.74 Å². The van der Waals surface area contributed by atoms with Gasteiger partial charge in [-0.2, -0.15) is 0 Å². The molecule has 0 saturated heterocycles. The van der Waals surface area contributed by atoms with Crippen molar-refractivity contribution in [2.75, 3.05) is 12.5 Å². The van der Waals surface area contributed by atoms with Gasteiger partial charge in [0.25, 0.3) is 0 Å². The van der Waals surface area contributed by atoms with E-state index < -0.39 is 0 Å². The minimum absolute atomic E-state index is 0.361. The van der Waals surface area contributed by atoms with E-state index in [9.17, 15) is 0 Å². The first-order valence-electron chi connectivity index (χ1n) is 4.64. The average Bonchev–Trinajstić information content (AvgIpc) is 2.24. The van der Waals surface area contributed by atoms with E-state index in [4.69, 9.17) is 16.3 Å². The highest BCUT2D eigenvalue weighted by Gasteiger charge is 1.93. The number of hydrogen-bond donors (Lipinski definition) is 0. The number of halogens is 1. The molecular weight excluding hydrogens is 196 g/mol. The molecule has 0 aliphatic rings. The molecule has 2 heteroatoms. The first kappa shape index (κ1) is 10.9. The molecule has 1 rings (SSSR count). The van der Waals surface area contributed by atoms with Crippen LogP contribution in [-0.2, 0) is 0 Å². The monoisotopic (exact) mass is 208 g/mol. The molecule has 1 aromatic rings. The molecule has 0 aliphatic heterocycles. The highest BCUT2D eigenvalue weighted by molar-refractivity contribution is 6.19. The van der Waals surface area contributed by atoms with Crippen molar-refractivity contribution in [3.63, 3.8) is 0 Å². The van der Waals surface area contributed by atoms with Crippen LogP contribution in [0.25, 0.3) is 0 Å². The molecule has 0 bridgehead atoms. The van der Waals surface area contributed by atoms with E-state index in [2.05, 4.69) is 18.8 Å². The van der Waals surface area contributed by atoms with Crippen molar-refractivity contribution >= 4 is 11.6 Å². The maximum atomic E-state index is 5.48.